The lowest BCUT2D eigenvalue weighted by Gasteiger charge is -2.51. The topological polar surface area (TPSA) is 106 Å². The number of carbonyl (C=O) groups excluding carboxylic acids is 1. The maximum Gasteiger partial charge on any atom is 0.385 e. The summed E-state index contributed by atoms with van der Waals surface area (Å²) in [5, 5.41) is 11.1. The number of hydrogen-bond acceptors (Lipinski definition) is 8. The average Bonchev–Trinajstić information content (AvgIpc) is 3.08. The molecule has 2 aromatic carbocycles. The minimum atomic E-state index is -1.88. The van der Waals surface area contributed by atoms with E-state index in [1.807, 2.05) is 0 Å². The fraction of sp³-hybridized carbons (Fsp3) is 0.318. The summed E-state index contributed by atoms with van der Waals surface area (Å²) in [7, 11) is 5.52. The van der Waals surface area contributed by atoms with E-state index < -0.39 is 22.6 Å². The lowest BCUT2D eigenvalue weighted by atomic mass is 9.79. The van der Waals surface area contributed by atoms with Crippen molar-refractivity contribution in [2.24, 2.45) is 0 Å². The minimum Gasteiger partial charge on any atom is -0.434 e. The first-order valence-corrected chi connectivity index (χ1v) is 9.42. The van der Waals surface area contributed by atoms with Gasteiger partial charge in [-0.05, 0) is 5.56 Å². The van der Waals surface area contributed by atoms with Gasteiger partial charge in [0, 0.05) is 51.7 Å². The van der Waals surface area contributed by atoms with Crippen molar-refractivity contribution in [1.29, 1.82) is 0 Å². The smallest absolute Gasteiger partial charge is 0.385 e. The van der Waals surface area contributed by atoms with Crippen LogP contribution in [0.4, 0.5) is 5.69 Å². The van der Waals surface area contributed by atoms with Crippen molar-refractivity contribution in [2.45, 2.75) is 17.7 Å². The number of fused-ring (bicyclic) bond motifs is 2. The van der Waals surface area contributed by atoms with Gasteiger partial charge in [0.15, 0.2) is 5.78 Å². The third-order valence-electron chi connectivity index (χ3n) is 5.82. The van der Waals surface area contributed by atoms with E-state index in [-0.39, 0.29) is 17.2 Å². The zero-order valence-electron chi connectivity index (χ0n) is 17.4. The first-order chi connectivity index (χ1) is 14.9. The molecule has 0 N–H and O–H groups in total. The number of non-ortho nitro benzene ring substituents is 1. The Labute approximate surface area is 178 Å². The van der Waals surface area contributed by atoms with Crippen molar-refractivity contribution < 1.29 is 33.4 Å². The van der Waals surface area contributed by atoms with E-state index in [1.165, 1.54) is 40.6 Å². The molecule has 1 aliphatic heterocycles. The molecular weight excluding hydrogens is 406 g/mol. The SMILES string of the molecule is COC1(OC)OC2=C(C(=O)c3ccccc32)[C@H](c2ccc([N+](=O)[O-])cc2)C1(OC)OC. The molecule has 1 atom stereocenters. The van der Waals surface area contributed by atoms with Crippen LogP contribution in [0.5, 0.6) is 0 Å². The molecule has 0 saturated carbocycles. The molecule has 162 valence electrons. The monoisotopic (exact) mass is 427 g/mol. The van der Waals surface area contributed by atoms with Crippen LogP contribution in [-0.4, -0.2) is 50.9 Å². The molecular formula is C22H21NO8. The fourth-order valence-corrected chi connectivity index (χ4v) is 4.41. The summed E-state index contributed by atoms with van der Waals surface area (Å²) >= 11 is 0. The normalized spacial score (nSPS) is 20.8. The van der Waals surface area contributed by atoms with Crippen molar-refractivity contribution in [2.75, 3.05) is 28.4 Å². The summed E-state index contributed by atoms with van der Waals surface area (Å²) in [4.78, 5) is 24.1. The van der Waals surface area contributed by atoms with Crippen LogP contribution in [0.25, 0.3) is 5.76 Å². The minimum absolute atomic E-state index is 0.0868. The van der Waals surface area contributed by atoms with Crippen molar-refractivity contribution in [3.8, 4) is 0 Å². The Morgan fingerprint density at radius 3 is 2.00 bits per heavy atom. The van der Waals surface area contributed by atoms with E-state index >= 15 is 0 Å². The molecule has 0 amide bonds. The maximum atomic E-state index is 13.5. The first kappa shape index (κ1) is 21.1. The van der Waals surface area contributed by atoms with Gasteiger partial charge in [0.25, 0.3) is 11.5 Å². The molecule has 0 bridgehead atoms. The van der Waals surface area contributed by atoms with Gasteiger partial charge in [0.2, 0.25) is 0 Å². The van der Waals surface area contributed by atoms with E-state index in [2.05, 4.69) is 0 Å². The highest BCUT2D eigenvalue weighted by Gasteiger charge is 2.69. The molecule has 0 unspecified atom stereocenters. The Balaban J connectivity index is 2.02. The molecule has 4 rings (SSSR count). The molecule has 0 radical (unpaired) electrons. The predicted molar refractivity (Wildman–Crippen MR) is 108 cm³/mol. The Morgan fingerprint density at radius 2 is 1.48 bits per heavy atom. The number of benzene rings is 2. The van der Waals surface area contributed by atoms with E-state index in [0.29, 0.717) is 22.3 Å². The van der Waals surface area contributed by atoms with Crippen LogP contribution in [0.3, 0.4) is 0 Å². The average molecular weight is 427 g/mol. The van der Waals surface area contributed by atoms with Crippen LogP contribution in [0.2, 0.25) is 0 Å². The Kier molecular flexibility index (Phi) is 5.14. The van der Waals surface area contributed by atoms with Gasteiger partial charge in [-0.25, -0.2) is 0 Å². The van der Waals surface area contributed by atoms with Crippen LogP contribution in [0, 0.1) is 10.1 Å². The third kappa shape index (κ3) is 2.75. The number of rotatable bonds is 6. The van der Waals surface area contributed by atoms with Crippen molar-refractivity contribution in [1.82, 2.24) is 0 Å². The van der Waals surface area contributed by atoms with Crippen LogP contribution < -0.4 is 0 Å². The summed E-state index contributed by atoms with van der Waals surface area (Å²) in [5.74, 6) is -4.47. The molecule has 0 spiro atoms. The molecule has 2 aromatic rings. The van der Waals surface area contributed by atoms with Crippen LogP contribution in [0.15, 0.2) is 54.1 Å². The van der Waals surface area contributed by atoms with E-state index in [4.69, 9.17) is 23.7 Å². The molecule has 31 heavy (non-hydrogen) atoms. The fourth-order valence-electron chi connectivity index (χ4n) is 4.41. The lowest BCUT2D eigenvalue weighted by molar-refractivity contribution is -0.473. The summed E-state index contributed by atoms with van der Waals surface area (Å²) in [6.45, 7) is 0. The van der Waals surface area contributed by atoms with Gasteiger partial charge in [0.1, 0.15) is 5.76 Å². The van der Waals surface area contributed by atoms with E-state index in [0.717, 1.165) is 0 Å². The highest BCUT2D eigenvalue weighted by molar-refractivity contribution is 6.21. The number of nitrogens with zero attached hydrogens (tertiary/aromatic N) is 1. The van der Waals surface area contributed by atoms with Crippen LogP contribution in [0.1, 0.15) is 27.4 Å². The van der Waals surface area contributed by atoms with E-state index in [1.54, 1.807) is 36.4 Å². The number of carbonyl (C=O) groups is 1. The number of Topliss-reactive ketones (excluding diaryl/α,β-unsaturated/α-hetero) is 1. The number of ketones is 1. The second-order valence-corrected chi connectivity index (χ2v) is 7.04. The number of nitro groups is 1. The second-order valence-electron chi connectivity index (χ2n) is 7.04. The van der Waals surface area contributed by atoms with Gasteiger partial charge in [0.05, 0.1) is 16.4 Å². The number of nitro benzene ring substituents is 1. The largest absolute Gasteiger partial charge is 0.434 e. The highest BCUT2D eigenvalue weighted by atomic mass is 16.9. The summed E-state index contributed by atoms with van der Waals surface area (Å²) in [6.07, 6.45) is 0. The summed E-state index contributed by atoms with van der Waals surface area (Å²) in [5.41, 5.74) is 1.79. The second kappa shape index (κ2) is 7.54. The van der Waals surface area contributed by atoms with Gasteiger partial charge in [-0.2, -0.15) is 0 Å². The van der Waals surface area contributed by atoms with Gasteiger partial charge >= 0.3 is 5.97 Å². The number of ether oxygens (including phenoxy) is 5. The van der Waals surface area contributed by atoms with Crippen molar-refractivity contribution in [3.05, 3.63) is 80.9 Å². The summed E-state index contributed by atoms with van der Waals surface area (Å²) in [6, 6.07) is 12.8. The van der Waals surface area contributed by atoms with E-state index in [9.17, 15) is 14.9 Å². The molecule has 1 heterocycles. The molecule has 9 nitrogen and oxygen atoms in total. The first-order valence-electron chi connectivity index (χ1n) is 9.42. The van der Waals surface area contributed by atoms with Crippen LogP contribution >= 0.6 is 0 Å². The Bertz CT molecular complexity index is 1070. The molecule has 2 aliphatic rings. The number of methoxy groups -OCH3 is 4. The van der Waals surface area contributed by atoms with Crippen molar-refractivity contribution in [3.63, 3.8) is 0 Å². The molecule has 0 saturated heterocycles. The van der Waals surface area contributed by atoms with Gasteiger partial charge in [-0.15, -0.1) is 0 Å². The zero-order valence-corrected chi connectivity index (χ0v) is 17.4. The number of hydrogen-bond donors (Lipinski definition) is 0. The van der Waals surface area contributed by atoms with Gasteiger partial charge < -0.3 is 23.7 Å². The standard InChI is InChI=1S/C22H21NO8/c1-27-21(28-2)18(13-9-11-14(12-10-13)23(25)26)17-19(24)15-7-5-6-8-16(15)20(17)31-22(21,29-3)30-4/h5-12,18H,1-4H3/t18-/m0/s1. The molecule has 9 heteroatoms. The Morgan fingerprint density at radius 1 is 0.903 bits per heavy atom. The van der Waals surface area contributed by atoms with Crippen LogP contribution in [-0.2, 0) is 23.7 Å². The highest BCUT2D eigenvalue weighted by Crippen LogP contribution is 2.57. The van der Waals surface area contributed by atoms with Gasteiger partial charge in [-0.1, -0.05) is 36.4 Å². The predicted octanol–water partition coefficient (Wildman–Crippen LogP) is 3.25. The summed E-state index contributed by atoms with van der Waals surface area (Å²) < 4.78 is 29.1. The van der Waals surface area contributed by atoms with Gasteiger partial charge in [-0.3, -0.25) is 14.9 Å². The molecule has 1 aliphatic carbocycles. The molecule has 0 fully saturated rings. The maximum absolute atomic E-state index is 13.5. The Hall–Kier alpha value is -3.11. The van der Waals surface area contributed by atoms with Crippen molar-refractivity contribution >= 4 is 17.2 Å². The lowest BCUT2D eigenvalue weighted by Crippen LogP contribution is -2.66. The quantitative estimate of drug-likeness (QED) is 0.393. The third-order valence-corrected chi connectivity index (χ3v) is 5.82. The zero-order chi connectivity index (χ0) is 22.4. The molecule has 0 aromatic heterocycles.